The molecule has 0 bridgehead atoms. The number of carbonyl (C=O) groups is 1. The number of nitrogens with zero attached hydrogens (tertiary/aromatic N) is 6. The van der Waals surface area contributed by atoms with Crippen molar-refractivity contribution in [2.24, 2.45) is 13.0 Å². The average Bonchev–Trinajstić information content (AvgIpc) is 3.11. The molecule has 1 aliphatic heterocycles. The minimum absolute atomic E-state index is 0.0503. The molecule has 0 aliphatic carbocycles. The number of carbonyl (C=O) groups excluding carboxylic acids is 1. The van der Waals surface area contributed by atoms with Gasteiger partial charge in [-0.1, -0.05) is 11.6 Å². The van der Waals surface area contributed by atoms with E-state index in [1.807, 2.05) is 24.2 Å². The van der Waals surface area contributed by atoms with Crippen LogP contribution in [0.3, 0.4) is 0 Å². The molecular formula is C18H23ClN8O. The lowest BCUT2D eigenvalue weighted by molar-refractivity contribution is -0.132. The van der Waals surface area contributed by atoms with Crippen LogP contribution in [0, 0.1) is 17.2 Å². The van der Waals surface area contributed by atoms with E-state index in [0.29, 0.717) is 35.8 Å². The van der Waals surface area contributed by atoms with E-state index in [1.165, 1.54) is 0 Å². The fourth-order valence-corrected chi connectivity index (χ4v) is 3.34. The van der Waals surface area contributed by atoms with E-state index in [9.17, 15) is 4.79 Å². The summed E-state index contributed by atoms with van der Waals surface area (Å²) in [5, 5.41) is 19.6. The smallest absolute Gasteiger partial charge is 0.229 e. The fraction of sp³-hybridized carbons (Fsp3) is 0.500. The van der Waals surface area contributed by atoms with Gasteiger partial charge in [-0.2, -0.15) is 15.3 Å². The van der Waals surface area contributed by atoms with Gasteiger partial charge in [0.2, 0.25) is 11.9 Å². The van der Waals surface area contributed by atoms with E-state index < -0.39 is 0 Å². The minimum Gasteiger partial charge on any atom is -0.368 e. The zero-order valence-electron chi connectivity index (χ0n) is 15.7. The number of halogens is 1. The van der Waals surface area contributed by atoms with Crippen molar-refractivity contribution in [3.05, 3.63) is 23.6 Å². The van der Waals surface area contributed by atoms with E-state index >= 15 is 0 Å². The van der Waals surface area contributed by atoms with Crippen molar-refractivity contribution in [2.75, 3.05) is 30.3 Å². The van der Waals surface area contributed by atoms with Crippen molar-refractivity contribution >= 4 is 35.0 Å². The Kier molecular flexibility index (Phi) is 6.66. The molecule has 9 nitrogen and oxygen atoms in total. The highest BCUT2D eigenvalue weighted by molar-refractivity contribution is 6.32. The van der Waals surface area contributed by atoms with Gasteiger partial charge in [0.15, 0.2) is 5.82 Å². The number of nitriles is 1. The Morgan fingerprint density at radius 1 is 1.46 bits per heavy atom. The molecule has 1 aliphatic rings. The number of rotatable bonds is 7. The molecule has 0 unspecified atom stereocenters. The third-order valence-corrected chi connectivity index (χ3v) is 4.86. The van der Waals surface area contributed by atoms with Crippen LogP contribution < -0.4 is 10.6 Å². The van der Waals surface area contributed by atoms with Crippen LogP contribution in [0.25, 0.3) is 0 Å². The van der Waals surface area contributed by atoms with Gasteiger partial charge in [0, 0.05) is 45.7 Å². The fourth-order valence-electron chi connectivity index (χ4n) is 3.19. The summed E-state index contributed by atoms with van der Waals surface area (Å²) < 4.78 is 1.68. The maximum Gasteiger partial charge on any atom is 0.229 e. The number of hydrogen-bond donors (Lipinski definition) is 2. The Morgan fingerprint density at radius 2 is 2.32 bits per heavy atom. The zero-order valence-corrected chi connectivity index (χ0v) is 16.5. The molecular weight excluding hydrogens is 380 g/mol. The van der Waals surface area contributed by atoms with Gasteiger partial charge < -0.3 is 15.5 Å². The van der Waals surface area contributed by atoms with Crippen molar-refractivity contribution in [3.63, 3.8) is 0 Å². The quantitative estimate of drug-likeness (QED) is 0.731. The SMILES string of the molecule is Cn1cc(Nc2ncc(Cl)c(NC[C@H]3CCCN(C(=O)CCC#N)C3)n2)cn1. The normalized spacial score (nSPS) is 16.5. The molecule has 3 rings (SSSR count). The second-order valence-corrected chi connectivity index (χ2v) is 7.21. The molecule has 3 heterocycles. The van der Waals surface area contributed by atoms with Gasteiger partial charge in [-0.25, -0.2) is 4.98 Å². The highest BCUT2D eigenvalue weighted by Gasteiger charge is 2.23. The first-order valence-corrected chi connectivity index (χ1v) is 9.59. The Bertz CT molecular complexity index is 862. The third kappa shape index (κ3) is 5.33. The molecule has 0 spiro atoms. The van der Waals surface area contributed by atoms with E-state index in [4.69, 9.17) is 16.9 Å². The van der Waals surface area contributed by atoms with Crippen LogP contribution in [-0.2, 0) is 11.8 Å². The number of aromatic nitrogens is 4. The first-order valence-electron chi connectivity index (χ1n) is 9.22. The Morgan fingerprint density at radius 3 is 3.07 bits per heavy atom. The molecule has 2 N–H and O–H groups in total. The summed E-state index contributed by atoms with van der Waals surface area (Å²) >= 11 is 6.23. The number of aryl methyl sites for hydroxylation is 1. The summed E-state index contributed by atoms with van der Waals surface area (Å²) in [5.41, 5.74) is 0.787. The van der Waals surface area contributed by atoms with Crippen LogP contribution in [0.15, 0.2) is 18.6 Å². The highest BCUT2D eigenvalue weighted by atomic mass is 35.5. The number of nitrogens with one attached hydrogen (secondary N) is 2. The van der Waals surface area contributed by atoms with Crippen molar-refractivity contribution in [1.29, 1.82) is 5.26 Å². The first-order chi connectivity index (χ1) is 13.5. The maximum absolute atomic E-state index is 12.1. The number of amides is 1. The standard InChI is InChI=1S/C18H23ClN8O/c1-26-12-14(9-23-26)24-18-22-10-15(19)17(25-18)21-8-13-4-3-7-27(11-13)16(28)5-2-6-20/h9-10,12-13H,2-5,7-8,11H2,1H3,(H2,21,22,24,25)/t13-/m1/s1. The molecule has 2 aromatic rings. The molecule has 148 valence electrons. The van der Waals surface area contributed by atoms with Crippen molar-refractivity contribution in [2.45, 2.75) is 25.7 Å². The zero-order chi connectivity index (χ0) is 19.9. The first kappa shape index (κ1) is 19.9. The Balaban J connectivity index is 1.57. The van der Waals surface area contributed by atoms with Gasteiger partial charge in [0.1, 0.15) is 5.02 Å². The summed E-state index contributed by atoms with van der Waals surface area (Å²) in [7, 11) is 1.83. The molecule has 10 heteroatoms. The van der Waals surface area contributed by atoms with Crippen LogP contribution in [0.1, 0.15) is 25.7 Å². The molecule has 2 aromatic heterocycles. The lowest BCUT2D eigenvalue weighted by Gasteiger charge is -2.33. The molecule has 1 atom stereocenters. The topological polar surface area (TPSA) is 112 Å². The molecule has 0 saturated carbocycles. The summed E-state index contributed by atoms with van der Waals surface area (Å²) in [5.74, 6) is 1.34. The number of likely N-dealkylation sites (tertiary alicyclic amines) is 1. The lowest BCUT2D eigenvalue weighted by Crippen LogP contribution is -2.41. The summed E-state index contributed by atoms with van der Waals surface area (Å²) in [6.45, 7) is 2.10. The van der Waals surface area contributed by atoms with E-state index in [0.717, 1.165) is 25.1 Å². The monoisotopic (exact) mass is 402 g/mol. The predicted octanol–water partition coefficient (Wildman–Crippen LogP) is 2.56. The van der Waals surface area contributed by atoms with Crippen LogP contribution >= 0.6 is 11.6 Å². The maximum atomic E-state index is 12.1. The number of anilines is 3. The van der Waals surface area contributed by atoms with Crippen molar-refractivity contribution < 1.29 is 4.79 Å². The second kappa shape index (κ2) is 9.37. The van der Waals surface area contributed by atoms with Crippen molar-refractivity contribution in [1.82, 2.24) is 24.6 Å². The van der Waals surface area contributed by atoms with Crippen LogP contribution in [0.4, 0.5) is 17.5 Å². The van der Waals surface area contributed by atoms with Gasteiger partial charge in [0.05, 0.1) is 24.2 Å². The van der Waals surface area contributed by atoms with Gasteiger partial charge in [0.25, 0.3) is 0 Å². The molecule has 1 fully saturated rings. The highest BCUT2D eigenvalue weighted by Crippen LogP contribution is 2.23. The van der Waals surface area contributed by atoms with Gasteiger partial charge >= 0.3 is 0 Å². The van der Waals surface area contributed by atoms with Crippen LogP contribution in [0.5, 0.6) is 0 Å². The van der Waals surface area contributed by atoms with E-state index in [1.54, 1.807) is 17.1 Å². The third-order valence-electron chi connectivity index (χ3n) is 4.59. The second-order valence-electron chi connectivity index (χ2n) is 6.80. The van der Waals surface area contributed by atoms with E-state index in [2.05, 4.69) is 25.7 Å². The Labute approximate surface area is 168 Å². The van der Waals surface area contributed by atoms with E-state index in [-0.39, 0.29) is 18.7 Å². The van der Waals surface area contributed by atoms with Crippen LogP contribution in [-0.4, -0.2) is 50.2 Å². The summed E-state index contributed by atoms with van der Waals surface area (Å²) in [4.78, 5) is 22.6. The lowest BCUT2D eigenvalue weighted by atomic mass is 9.97. The van der Waals surface area contributed by atoms with Gasteiger partial charge in [-0.15, -0.1) is 0 Å². The van der Waals surface area contributed by atoms with Gasteiger partial charge in [-0.3, -0.25) is 9.48 Å². The number of piperidine rings is 1. The molecule has 0 aromatic carbocycles. The Hall–Kier alpha value is -2.86. The number of hydrogen-bond acceptors (Lipinski definition) is 7. The average molecular weight is 403 g/mol. The van der Waals surface area contributed by atoms with Crippen molar-refractivity contribution in [3.8, 4) is 6.07 Å². The van der Waals surface area contributed by atoms with Crippen LogP contribution in [0.2, 0.25) is 5.02 Å². The summed E-state index contributed by atoms with van der Waals surface area (Å²) in [6, 6.07) is 2.03. The largest absolute Gasteiger partial charge is 0.368 e. The molecule has 1 amide bonds. The minimum atomic E-state index is 0.0503. The predicted molar refractivity (Wildman–Crippen MR) is 106 cm³/mol. The molecule has 1 saturated heterocycles. The summed E-state index contributed by atoms with van der Waals surface area (Å²) in [6.07, 6.45) is 7.60. The van der Waals surface area contributed by atoms with Gasteiger partial charge in [-0.05, 0) is 18.8 Å². The molecule has 0 radical (unpaired) electrons. The molecule has 28 heavy (non-hydrogen) atoms.